The van der Waals surface area contributed by atoms with Crippen molar-refractivity contribution in [1.82, 2.24) is 5.32 Å². The van der Waals surface area contributed by atoms with Gasteiger partial charge in [-0.2, -0.15) is 0 Å². The number of rotatable bonds is 3. The monoisotopic (exact) mass is 252 g/mol. The molecule has 0 saturated heterocycles. The smallest absolute Gasteiger partial charge is 0.337 e. The van der Waals surface area contributed by atoms with Crippen LogP contribution in [-0.4, -0.2) is 23.1 Å². The molecule has 6 heteroatoms. The van der Waals surface area contributed by atoms with Gasteiger partial charge < -0.3 is 15.7 Å². The number of amides is 2. The van der Waals surface area contributed by atoms with E-state index in [1.54, 1.807) is 0 Å². The van der Waals surface area contributed by atoms with E-state index in [2.05, 4.69) is 10.6 Å². The van der Waals surface area contributed by atoms with E-state index in [1.807, 2.05) is 6.92 Å². The van der Waals surface area contributed by atoms with Crippen LogP contribution < -0.4 is 10.6 Å². The molecule has 96 valence electrons. The average molecular weight is 252 g/mol. The predicted molar refractivity (Wildman–Crippen MR) is 63.1 cm³/mol. The number of hydrogen-bond donors (Lipinski definition) is 3. The minimum absolute atomic E-state index is 0.0880. The number of carboxylic acid groups (broad SMARTS) is 1. The van der Waals surface area contributed by atoms with Crippen molar-refractivity contribution >= 4 is 17.7 Å². The van der Waals surface area contributed by atoms with Crippen molar-refractivity contribution in [2.75, 3.05) is 5.32 Å². The SMILES string of the molecule is CC1CC1NC(=O)Nc1c(F)cccc1C(=O)O. The van der Waals surface area contributed by atoms with Crippen molar-refractivity contribution < 1.29 is 19.1 Å². The van der Waals surface area contributed by atoms with Gasteiger partial charge in [-0.05, 0) is 24.5 Å². The van der Waals surface area contributed by atoms with Gasteiger partial charge in [0.1, 0.15) is 5.82 Å². The summed E-state index contributed by atoms with van der Waals surface area (Å²) >= 11 is 0. The first-order valence-corrected chi connectivity index (χ1v) is 5.58. The summed E-state index contributed by atoms with van der Waals surface area (Å²) in [4.78, 5) is 22.5. The molecule has 1 aromatic rings. The fourth-order valence-electron chi connectivity index (χ4n) is 1.67. The highest BCUT2D eigenvalue weighted by Crippen LogP contribution is 2.29. The van der Waals surface area contributed by atoms with Gasteiger partial charge >= 0.3 is 12.0 Å². The molecule has 2 rings (SSSR count). The van der Waals surface area contributed by atoms with Gasteiger partial charge in [0.2, 0.25) is 0 Å². The van der Waals surface area contributed by atoms with Crippen LogP contribution in [-0.2, 0) is 0 Å². The van der Waals surface area contributed by atoms with Gasteiger partial charge in [-0.25, -0.2) is 14.0 Å². The summed E-state index contributed by atoms with van der Waals surface area (Å²) in [5.74, 6) is -1.64. The number of para-hydroxylation sites is 1. The van der Waals surface area contributed by atoms with Crippen LogP contribution in [0.25, 0.3) is 0 Å². The minimum atomic E-state index is -1.29. The number of halogens is 1. The third-order valence-electron chi connectivity index (χ3n) is 2.91. The highest BCUT2D eigenvalue weighted by Gasteiger charge is 2.34. The molecule has 0 bridgehead atoms. The molecule has 1 aliphatic carbocycles. The fourth-order valence-corrected chi connectivity index (χ4v) is 1.67. The van der Waals surface area contributed by atoms with E-state index in [0.29, 0.717) is 5.92 Å². The second-order valence-corrected chi connectivity index (χ2v) is 4.39. The normalized spacial score (nSPS) is 21.2. The maximum absolute atomic E-state index is 13.5. The van der Waals surface area contributed by atoms with Gasteiger partial charge in [-0.3, -0.25) is 0 Å². The number of carboxylic acids is 1. The molecule has 2 atom stereocenters. The van der Waals surface area contributed by atoms with Crippen LogP contribution in [0.5, 0.6) is 0 Å². The van der Waals surface area contributed by atoms with Crippen molar-refractivity contribution in [2.45, 2.75) is 19.4 Å². The van der Waals surface area contributed by atoms with Gasteiger partial charge in [-0.1, -0.05) is 13.0 Å². The van der Waals surface area contributed by atoms with Gasteiger partial charge in [0, 0.05) is 6.04 Å². The summed E-state index contributed by atoms with van der Waals surface area (Å²) in [5.41, 5.74) is -0.579. The minimum Gasteiger partial charge on any atom is -0.478 e. The molecule has 5 nitrogen and oxygen atoms in total. The lowest BCUT2D eigenvalue weighted by Crippen LogP contribution is -2.32. The molecule has 18 heavy (non-hydrogen) atoms. The zero-order chi connectivity index (χ0) is 13.3. The molecule has 0 spiro atoms. The van der Waals surface area contributed by atoms with Crippen LogP contribution in [0.4, 0.5) is 14.9 Å². The molecule has 3 N–H and O–H groups in total. The molecule has 2 unspecified atom stereocenters. The lowest BCUT2D eigenvalue weighted by molar-refractivity contribution is 0.0697. The van der Waals surface area contributed by atoms with Crippen molar-refractivity contribution in [3.8, 4) is 0 Å². The highest BCUT2D eigenvalue weighted by atomic mass is 19.1. The molecule has 1 fully saturated rings. The number of carbonyl (C=O) groups excluding carboxylic acids is 1. The number of aromatic carboxylic acids is 1. The number of carbonyl (C=O) groups is 2. The number of nitrogens with one attached hydrogen (secondary N) is 2. The number of benzene rings is 1. The fraction of sp³-hybridized carbons (Fsp3) is 0.333. The number of anilines is 1. The Labute approximate surface area is 103 Å². The Balaban J connectivity index is 2.12. The van der Waals surface area contributed by atoms with Crippen LogP contribution in [0.15, 0.2) is 18.2 Å². The Kier molecular flexibility index (Phi) is 3.18. The molecule has 0 aliphatic heterocycles. The van der Waals surface area contributed by atoms with E-state index in [4.69, 9.17) is 5.11 Å². The van der Waals surface area contributed by atoms with E-state index in [9.17, 15) is 14.0 Å². The quantitative estimate of drug-likeness (QED) is 0.770. The molecular formula is C12H13FN2O3. The van der Waals surface area contributed by atoms with Crippen LogP contribution in [0.2, 0.25) is 0 Å². The van der Waals surface area contributed by atoms with Crippen molar-refractivity contribution in [3.63, 3.8) is 0 Å². The largest absolute Gasteiger partial charge is 0.478 e. The first-order valence-electron chi connectivity index (χ1n) is 5.58. The van der Waals surface area contributed by atoms with Crippen molar-refractivity contribution in [3.05, 3.63) is 29.6 Å². The van der Waals surface area contributed by atoms with E-state index in [1.165, 1.54) is 12.1 Å². The van der Waals surface area contributed by atoms with Crippen LogP contribution >= 0.6 is 0 Å². The highest BCUT2D eigenvalue weighted by molar-refractivity contribution is 6.00. The van der Waals surface area contributed by atoms with Crippen LogP contribution in [0, 0.1) is 11.7 Å². The first kappa shape index (κ1) is 12.3. The second-order valence-electron chi connectivity index (χ2n) is 4.39. The lowest BCUT2D eigenvalue weighted by Gasteiger charge is -2.10. The summed E-state index contributed by atoms with van der Waals surface area (Å²) < 4.78 is 13.5. The van der Waals surface area contributed by atoms with E-state index in [-0.39, 0.29) is 17.3 Å². The van der Waals surface area contributed by atoms with Crippen molar-refractivity contribution in [1.29, 1.82) is 0 Å². The van der Waals surface area contributed by atoms with Gasteiger partial charge in [-0.15, -0.1) is 0 Å². The molecule has 0 heterocycles. The molecule has 1 aliphatic rings. The summed E-state index contributed by atoms with van der Waals surface area (Å²) in [5, 5.41) is 13.8. The van der Waals surface area contributed by atoms with Crippen LogP contribution in [0.3, 0.4) is 0 Å². The topological polar surface area (TPSA) is 78.4 Å². The van der Waals surface area contributed by atoms with Crippen molar-refractivity contribution in [2.24, 2.45) is 5.92 Å². The number of hydrogen-bond acceptors (Lipinski definition) is 2. The predicted octanol–water partition coefficient (Wildman–Crippen LogP) is 2.05. The molecule has 0 aromatic heterocycles. The molecule has 2 amide bonds. The van der Waals surface area contributed by atoms with Gasteiger partial charge in [0.15, 0.2) is 0 Å². The Morgan fingerprint density at radius 2 is 2.11 bits per heavy atom. The molecule has 0 radical (unpaired) electrons. The third-order valence-corrected chi connectivity index (χ3v) is 2.91. The maximum atomic E-state index is 13.5. The Hall–Kier alpha value is -2.11. The third kappa shape index (κ3) is 2.58. The zero-order valence-electron chi connectivity index (χ0n) is 9.74. The lowest BCUT2D eigenvalue weighted by atomic mass is 10.1. The molecular weight excluding hydrogens is 239 g/mol. The summed E-state index contributed by atoms with van der Waals surface area (Å²) in [6.07, 6.45) is 0.885. The van der Waals surface area contributed by atoms with Crippen LogP contribution in [0.1, 0.15) is 23.7 Å². The molecule has 1 aromatic carbocycles. The van der Waals surface area contributed by atoms with E-state index in [0.717, 1.165) is 12.5 Å². The molecule has 1 saturated carbocycles. The number of urea groups is 1. The maximum Gasteiger partial charge on any atom is 0.337 e. The van der Waals surface area contributed by atoms with Gasteiger partial charge in [0.25, 0.3) is 0 Å². The Morgan fingerprint density at radius 1 is 1.44 bits per heavy atom. The standard InChI is InChI=1S/C12H13FN2O3/c1-6-5-9(6)14-12(18)15-10-7(11(16)17)3-2-4-8(10)13/h2-4,6,9H,5H2,1H3,(H,16,17)(H2,14,15,18). The average Bonchev–Trinajstić information content (AvgIpc) is 2.96. The van der Waals surface area contributed by atoms with Gasteiger partial charge in [0.05, 0.1) is 11.3 Å². The summed E-state index contributed by atoms with van der Waals surface area (Å²) in [6, 6.07) is 3.12. The Morgan fingerprint density at radius 3 is 2.67 bits per heavy atom. The summed E-state index contributed by atoms with van der Waals surface area (Å²) in [7, 11) is 0. The Bertz CT molecular complexity index is 504. The first-order chi connectivity index (χ1) is 8.49. The van der Waals surface area contributed by atoms with E-state index < -0.39 is 17.8 Å². The summed E-state index contributed by atoms with van der Waals surface area (Å²) in [6.45, 7) is 1.98. The zero-order valence-corrected chi connectivity index (χ0v) is 9.74. The second kappa shape index (κ2) is 4.64. The van der Waals surface area contributed by atoms with E-state index >= 15 is 0 Å².